The van der Waals surface area contributed by atoms with Crippen molar-refractivity contribution in [3.05, 3.63) is 42.5 Å². The van der Waals surface area contributed by atoms with Crippen LogP contribution in [-0.2, 0) is 14.9 Å². The molecular weight excluding hydrogens is 347 g/mol. The fourth-order valence-electron chi connectivity index (χ4n) is 2.29. The van der Waals surface area contributed by atoms with Crippen molar-refractivity contribution in [3.8, 4) is 0 Å². The molecule has 0 spiro atoms. The molecule has 0 amide bonds. The summed E-state index contributed by atoms with van der Waals surface area (Å²) in [5.41, 5.74) is 0. The minimum Gasteiger partial charge on any atom is -0.744 e. The van der Waals surface area contributed by atoms with Crippen LogP contribution in [0, 0.1) is 0 Å². The van der Waals surface area contributed by atoms with E-state index in [4.69, 9.17) is 0 Å². The van der Waals surface area contributed by atoms with Crippen molar-refractivity contribution in [2.45, 2.75) is 57.3 Å². The third kappa shape index (κ3) is 8.97. The Morgan fingerprint density at radius 2 is 1.44 bits per heavy atom. The van der Waals surface area contributed by atoms with Crippen LogP contribution >= 0.6 is 0 Å². The Balaban J connectivity index is 0.000000471. The van der Waals surface area contributed by atoms with Gasteiger partial charge in [0.15, 0.2) is 0 Å². The van der Waals surface area contributed by atoms with Gasteiger partial charge in [-0.3, -0.25) is 4.79 Å². The van der Waals surface area contributed by atoms with E-state index in [0.717, 1.165) is 43.9 Å². The van der Waals surface area contributed by atoms with Crippen molar-refractivity contribution >= 4 is 26.7 Å². The van der Waals surface area contributed by atoms with Crippen LogP contribution in [0.15, 0.2) is 47.4 Å². The summed E-state index contributed by atoms with van der Waals surface area (Å²) in [5.74, 6) is 0.448. The molecule has 0 aliphatic heterocycles. The molecule has 2 rings (SSSR count). The maximum atomic E-state index is 11.0. The quantitative estimate of drug-likeness (QED) is 0.547. The molecule has 6 heteroatoms. The van der Waals surface area contributed by atoms with E-state index in [9.17, 15) is 17.8 Å². The van der Waals surface area contributed by atoms with Crippen LogP contribution in [0.4, 0.5) is 0 Å². The molecule has 0 heterocycles. The number of ketones is 1. The van der Waals surface area contributed by atoms with Crippen LogP contribution in [0.25, 0.3) is 10.8 Å². The van der Waals surface area contributed by atoms with E-state index in [1.54, 1.807) is 36.4 Å². The normalized spacial score (nSPS) is 10.5. The first-order valence-electron chi connectivity index (χ1n) is 8.35. The number of hydrogen-bond acceptors (Lipinski definition) is 4. The van der Waals surface area contributed by atoms with Gasteiger partial charge in [0.1, 0.15) is 15.9 Å². The van der Waals surface area contributed by atoms with Gasteiger partial charge < -0.3 is 4.55 Å². The Bertz CT molecular complexity index is 742. The summed E-state index contributed by atoms with van der Waals surface area (Å²) in [7, 11) is -4.38. The Labute approximate surface area is 173 Å². The molecule has 2 aromatic rings. The van der Waals surface area contributed by atoms with Crippen molar-refractivity contribution in [1.82, 2.24) is 0 Å². The first kappa shape index (κ1) is 24.3. The number of rotatable bonds is 7. The molecule has 0 aromatic heterocycles. The number of unbranched alkanes of at least 4 members (excludes halogenated alkanes) is 2. The summed E-state index contributed by atoms with van der Waals surface area (Å²) in [4.78, 5) is 10.8. The van der Waals surface area contributed by atoms with Crippen LogP contribution in [-0.4, -0.2) is 18.8 Å². The molecular formula is C19H25NaO4S. The smallest absolute Gasteiger partial charge is 0.744 e. The van der Waals surface area contributed by atoms with Crippen molar-refractivity contribution < 1.29 is 47.3 Å². The second-order valence-electron chi connectivity index (χ2n) is 5.68. The Kier molecular flexibility index (Phi) is 12.2. The number of carbonyl (C=O) groups excluding carboxylic acids is 1. The van der Waals surface area contributed by atoms with Gasteiger partial charge in [-0.25, -0.2) is 8.42 Å². The summed E-state index contributed by atoms with van der Waals surface area (Å²) in [6.45, 7) is 4.24. The van der Waals surface area contributed by atoms with Crippen molar-refractivity contribution in [3.63, 3.8) is 0 Å². The van der Waals surface area contributed by atoms with Crippen LogP contribution in [0.2, 0.25) is 0 Å². The van der Waals surface area contributed by atoms with E-state index in [0.29, 0.717) is 11.2 Å². The second kappa shape index (κ2) is 12.6. The van der Waals surface area contributed by atoms with Crippen molar-refractivity contribution in [2.75, 3.05) is 0 Å². The minimum atomic E-state index is -4.38. The van der Waals surface area contributed by atoms with Crippen molar-refractivity contribution in [1.29, 1.82) is 0 Å². The fourth-order valence-corrected chi connectivity index (χ4v) is 2.99. The number of fused-ring (bicyclic) bond motifs is 1. The molecule has 0 bridgehead atoms. The molecule has 0 aliphatic carbocycles. The summed E-state index contributed by atoms with van der Waals surface area (Å²) >= 11 is 0. The summed E-state index contributed by atoms with van der Waals surface area (Å²) in [6, 6.07) is 11.5. The van der Waals surface area contributed by atoms with E-state index in [1.165, 1.54) is 6.07 Å². The summed E-state index contributed by atoms with van der Waals surface area (Å²) in [5, 5.41) is 1.23. The monoisotopic (exact) mass is 372 g/mol. The first-order valence-corrected chi connectivity index (χ1v) is 9.76. The zero-order valence-electron chi connectivity index (χ0n) is 15.3. The largest absolute Gasteiger partial charge is 1.00 e. The van der Waals surface area contributed by atoms with E-state index in [1.807, 2.05) is 0 Å². The number of Topliss-reactive ketones (excluding diaryl/α,β-unsaturated/α-hetero) is 1. The molecule has 2 aromatic carbocycles. The Morgan fingerprint density at radius 1 is 0.920 bits per heavy atom. The third-order valence-electron chi connectivity index (χ3n) is 3.64. The number of carbonyl (C=O) groups is 1. The molecule has 25 heavy (non-hydrogen) atoms. The van der Waals surface area contributed by atoms with E-state index in [2.05, 4.69) is 13.8 Å². The molecule has 0 fully saturated rings. The predicted octanol–water partition coefficient (Wildman–Crippen LogP) is 1.68. The molecule has 0 radical (unpaired) electrons. The van der Waals surface area contributed by atoms with Gasteiger partial charge >= 0.3 is 29.6 Å². The Morgan fingerprint density at radius 3 is 1.96 bits per heavy atom. The number of benzene rings is 2. The molecule has 0 saturated heterocycles. The van der Waals surface area contributed by atoms with E-state index in [-0.39, 0.29) is 34.5 Å². The van der Waals surface area contributed by atoms with E-state index < -0.39 is 10.1 Å². The number of hydrogen-bond donors (Lipinski definition) is 0. The molecule has 4 nitrogen and oxygen atoms in total. The SMILES string of the molecule is CCCCC(=O)CCCC.O=S(=O)([O-])c1cccc2ccccc12.[Na+]. The van der Waals surface area contributed by atoms with Crippen LogP contribution in [0.3, 0.4) is 0 Å². The third-order valence-corrected chi connectivity index (χ3v) is 4.53. The molecule has 0 N–H and O–H groups in total. The van der Waals surface area contributed by atoms with Crippen LogP contribution in [0.1, 0.15) is 52.4 Å². The van der Waals surface area contributed by atoms with Crippen LogP contribution < -0.4 is 29.6 Å². The van der Waals surface area contributed by atoms with Gasteiger partial charge in [0.25, 0.3) is 0 Å². The van der Waals surface area contributed by atoms with E-state index >= 15 is 0 Å². The predicted molar refractivity (Wildman–Crippen MR) is 96.0 cm³/mol. The molecule has 0 unspecified atom stereocenters. The average molecular weight is 372 g/mol. The molecule has 0 saturated carbocycles. The Hall–Kier alpha value is -0.720. The van der Waals surface area contributed by atoms with Gasteiger partial charge in [0, 0.05) is 12.8 Å². The summed E-state index contributed by atoms with van der Waals surface area (Å²) < 4.78 is 32.7. The topological polar surface area (TPSA) is 74.3 Å². The summed E-state index contributed by atoms with van der Waals surface area (Å²) in [6.07, 6.45) is 6.02. The average Bonchev–Trinajstić information content (AvgIpc) is 2.57. The standard InChI is InChI=1S/C10H8O3S.C9H18O.Na/c11-14(12,13)10-7-3-5-8-4-1-2-6-9(8)10;1-3-5-7-9(10)8-6-4-2;/h1-7H,(H,11,12,13);3-8H2,1-2H3;/q;;+1/p-1. The molecule has 0 atom stereocenters. The zero-order valence-corrected chi connectivity index (χ0v) is 18.1. The van der Waals surface area contributed by atoms with Gasteiger partial charge in [-0.1, -0.05) is 63.1 Å². The maximum absolute atomic E-state index is 11.0. The minimum absolute atomic E-state index is 0. The zero-order chi connectivity index (χ0) is 18.0. The van der Waals surface area contributed by atoms with Crippen LogP contribution in [0.5, 0.6) is 0 Å². The fraction of sp³-hybridized carbons (Fsp3) is 0.421. The van der Waals surface area contributed by atoms with Gasteiger partial charge in [-0.15, -0.1) is 0 Å². The van der Waals surface area contributed by atoms with Gasteiger partial charge in [0.2, 0.25) is 0 Å². The van der Waals surface area contributed by atoms with Gasteiger partial charge in [-0.2, -0.15) is 0 Å². The second-order valence-corrected chi connectivity index (χ2v) is 7.03. The first-order chi connectivity index (χ1) is 11.4. The van der Waals surface area contributed by atoms with Crippen molar-refractivity contribution in [2.24, 2.45) is 0 Å². The van der Waals surface area contributed by atoms with Gasteiger partial charge in [-0.05, 0) is 29.7 Å². The molecule has 0 aliphatic rings. The van der Waals surface area contributed by atoms with Gasteiger partial charge in [0.05, 0.1) is 4.90 Å². The maximum Gasteiger partial charge on any atom is 1.00 e. The molecule has 132 valence electrons.